The van der Waals surface area contributed by atoms with Crippen molar-refractivity contribution in [2.24, 2.45) is 0 Å². The van der Waals surface area contributed by atoms with Gasteiger partial charge in [0.1, 0.15) is 5.82 Å². The number of thiophene rings is 1. The first-order chi connectivity index (χ1) is 11.5. The fourth-order valence-corrected chi connectivity index (χ4v) is 3.69. The van der Waals surface area contributed by atoms with Crippen LogP contribution in [0.3, 0.4) is 0 Å². The highest BCUT2D eigenvalue weighted by molar-refractivity contribution is 7.13. The van der Waals surface area contributed by atoms with Crippen LogP contribution in [0.25, 0.3) is 22.6 Å². The summed E-state index contributed by atoms with van der Waals surface area (Å²) in [6.07, 6.45) is 2.51. The third-order valence-electron chi connectivity index (χ3n) is 3.94. The van der Waals surface area contributed by atoms with Crippen LogP contribution in [0.1, 0.15) is 17.8 Å². The molecule has 0 aliphatic carbocycles. The Bertz CT molecular complexity index is 1080. The predicted molar refractivity (Wildman–Crippen MR) is 94.5 cm³/mol. The normalized spacial score (nSPS) is 15.1. The van der Waals surface area contributed by atoms with Gasteiger partial charge in [0, 0.05) is 23.0 Å². The fraction of sp³-hybridized carbons (Fsp3) is 0.125. The second-order valence-corrected chi connectivity index (χ2v) is 6.77. The van der Waals surface area contributed by atoms with Crippen LogP contribution in [0.2, 0.25) is 5.02 Å². The molecule has 1 aromatic carbocycles. The van der Waals surface area contributed by atoms with Gasteiger partial charge in [0.05, 0.1) is 15.8 Å². The lowest BCUT2D eigenvalue weighted by atomic mass is 10.1. The third kappa shape index (κ3) is 2.42. The Morgan fingerprint density at radius 2 is 2.21 bits per heavy atom. The molecule has 0 atom stereocenters. The van der Waals surface area contributed by atoms with E-state index in [0.717, 1.165) is 22.5 Å². The third-order valence-corrected chi connectivity index (χ3v) is 5.07. The Hall–Kier alpha value is -2.51. The number of fused-ring (bicyclic) bond motifs is 2. The molecule has 0 radical (unpaired) electrons. The van der Waals surface area contributed by atoms with Crippen molar-refractivity contribution in [3.63, 3.8) is 0 Å². The molecule has 0 spiro atoms. The van der Waals surface area contributed by atoms with E-state index in [0.29, 0.717) is 34.7 Å². The van der Waals surface area contributed by atoms with Gasteiger partial charge in [-0.1, -0.05) is 22.9 Å². The van der Waals surface area contributed by atoms with Gasteiger partial charge in [0.15, 0.2) is 0 Å². The number of aromatic nitrogens is 2. The molecule has 0 saturated carbocycles. The summed E-state index contributed by atoms with van der Waals surface area (Å²) in [6.45, 7) is 0.553. The molecule has 0 fully saturated rings. The second kappa shape index (κ2) is 5.54. The largest absolute Gasteiger partial charge is 0.324 e. The van der Waals surface area contributed by atoms with Crippen LogP contribution in [-0.2, 0) is 6.54 Å². The Morgan fingerprint density at radius 1 is 1.38 bits per heavy atom. The number of benzene rings is 1. The van der Waals surface area contributed by atoms with E-state index in [9.17, 15) is 14.9 Å². The van der Waals surface area contributed by atoms with E-state index < -0.39 is 4.92 Å². The predicted octanol–water partition coefficient (Wildman–Crippen LogP) is 3.96. The molecule has 24 heavy (non-hydrogen) atoms. The van der Waals surface area contributed by atoms with Gasteiger partial charge in [-0.15, -0.1) is 0 Å². The van der Waals surface area contributed by atoms with Gasteiger partial charge in [-0.05, 0) is 41.8 Å². The van der Waals surface area contributed by atoms with Crippen molar-refractivity contribution in [3.8, 4) is 0 Å². The maximum absolute atomic E-state index is 12.6. The average molecular weight is 360 g/mol. The number of allylic oxidation sites excluding steroid dienone is 1. The van der Waals surface area contributed by atoms with Gasteiger partial charge in [-0.2, -0.15) is 0 Å². The van der Waals surface area contributed by atoms with E-state index in [1.54, 1.807) is 28.1 Å². The van der Waals surface area contributed by atoms with Gasteiger partial charge in [-0.3, -0.25) is 19.5 Å². The molecule has 0 N–H and O–H groups in total. The minimum Gasteiger partial charge on any atom is -0.292 e. The Kier molecular flexibility index (Phi) is 3.47. The number of nitrogens with zero attached hydrogens (tertiary/aromatic N) is 3. The van der Waals surface area contributed by atoms with E-state index in [-0.39, 0.29) is 10.6 Å². The monoisotopic (exact) mass is 359 g/mol. The number of hydrogen-bond acceptors (Lipinski definition) is 5. The lowest BCUT2D eigenvalue weighted by molar-refractivity contribution is -0.380. The van der Waals surface area contributed by atoms with Gasteiger partial charge in [-0.25, -0.2) is 4.98 Å². The zero-order chi connectivity index (χ0) is 16.8. The standard InChI is InChI=1S/C16H10ClN3O3S/c17-11-1-2-12-13(7-11)18-15-10(3-4-19(15)16(12)21)5-9-6-14(20(22)23)24-8-9/h1-2,5-8H,3-4H2/b10-5+. The first-order valence-electron chi connectivity index (χ1n) is 7.17. The Morgan fingerprint density at radius 3 is 2.96 bits per heavy atom. The summed E-state index contributed by atoms with van der Waals surface area (Å²) < 4.78 is 1.64. The molecule has 8 heteroatoms. The van der Waals surface area contributed by atoms with E-state index in [4.69, 9.17) is 11.6 Å². The highest BCUT2D eigenvalue weighted by Crippen LogP contribution is 2.31. The molecular formula is C16H10ClN3O3S. The quantitative estimate of drug-likeness (QED) is 0.512. The maximum Gasteiger partial charge on any atom is 0.324 e. The fourth-order valence-electron chi connectivity index (χ4n) is 2.84. The van der Waals surface area contributed by atoms with Crippen molar-refractivity contribution >= 4 is 50.5 Å². The second-order valence-electron chi connectivity index (χ2n) is 5.45. The van der Waals surface area contributed by atoms with Gasteiger partial charge in [0.2, 0.25) is 0 Å². The molecule has 3 aromatic rings. The average Bonchev–Trinajstić information content (AvgIpc) is 3.16. The summed E-state index contributed by atoms with van der Waals surface area (Å²) >= 11 is 7.07. The van der Waals surface area contributed by atoms with Crippen LogP contribution in [0, 0.1) is 10.1 Å². The highest BCUT2D eigenvalue weighted by atomic mass is 35.5. The molecule has 120 valence electrons. The topological polar surface area (TPSA) is 78.0 Å². The van der Waals surface area contributed by atoms with E-state index >= 15 is 0 Å². The van der Waals surface area contributed by atoms with Crippen molar-refractivity contribution in [1.82, 2.24) is 9.55 Å². The van der Waals surface area contributed by atoms with Crippen LogP contribution >= 0.6 is 22.9 Å². The minimum atomic E-state index is -0.409. The first-order valence-corrected chi connectivity index (χ1v) is 8.42. The number of nitro groups is 1. The summed E-state index contributed by atoms with van der Waals surface area (Å²) in [4.78, 5) is 27.6. The van der Waals surface area contributed by atoms with Crippen molar-refractivity contribution in [3.05, 3.63) is 66.5 Å². The summed E-state index contributed by atoms with van der Waals surface area (Å²) in [6, 6.07) is 6.56. The zero-order valence-corrected chi connectivity index (χ0v) is 13.8. The Labute approximate surface area is 144 Å². The van der Waals surface area contributed by atoms with Gasteiger partial charge < -0.3 is 0 Å². The minimum absolute atomic E-state index is 0.0913. The van der Waals surface area contributed by atoms with Gasteiger partial charge in [0.25, 0.3) is 5.56 Å². The molecule has 4 rings (SSSR count). The summed E-state index contributed by atoms with van der Waals surface area (Å²) in [7, 11) is 0. The smallest absolute Gasteiger partial charge is 0.292 e. The summed E-state index contributed by atoms with van der Waals surface area (Å²) in [5.74, 6) is 0.601. The van der Waals surface area contributed by atoms with Crippen molar-refractivity contribution in [2.75, 3.05) is 0 Å². The van der Waals surface area contributed by atoms with Crippen molar-refractivity contribution in [1.29, 1.82) is 0 Å². The summed E-state index contributed by atoms with van der Waals surface area (Å²) in [5.41, 5.74) is 2.10. The number of halogens is 1. The molecule has 0 bridgehead atoms. The lowest BCUT2D eigenvalue weighted by Gasteiger charge is -2.05. The van der Waals surface area contributed by atoms with Crippen LogP contribution in [0.4, 0.5) is 5.00 Å². The molecule has 2 aromatic heterocycles. The lowest BCUT2D eigenvalue weighted by Crippen LogP contribution is -2.20. The van der Waals surface area contributed by atoms with Crippen molar-refractivity contribution in [2.45, 2.75) is 13.0 Å². The number of rotatable bonds is 2. The first kappa shape index (κ1) is 15.0. The van der Waals surface area contributed by atoms with Crippen LogP contribution < -0.4 is 5.56 Å². The SMILES string of the molecule is O=c1c2ccc(Cl)cc2nc2n1CC/C2=C\c1csc([N+](=O)[O-])c1. The van der Waals surface area contributed by atoms with Crippen LogP contribution in [0.5, 0.6) is 0 Å². The van der Waals surface area contributed by atoms with E-state index in [1.807, 2.05) is 6.08 Å². The maximum atomic E-state index is 12.6. The van der Waals surface area contributed by atoms with Gasteiger partial charge >= 0.3 is 5.00 Å². The highest BCUT2D eigenvalue weighted by Gasteiger charge is 2.21. The number of hydrogen-bond donors (Lipinski definition) is 0. The molecule has 0 saturated heterocycles. The summed E-state index contributed by atoms with van der Waals surface area (Å²) in [5, 5.41) is 13.7. The molecule has 1 aliphatic rings. The Balaban J connectivity index is 1.86. The van der Waals surface area contributed by atoms with E-state index in [1.165, 1.54) is 6.07 Å². The molecule has 0 amide bonds. The molecule has 6 nitrogen and oxygen atoms in total. The molecular weight excluding hydrogens is 350 g/mol. The van der Waals surface area contributed by atoms with Crippen LogP contribution in [-0.4, -0.2) is 14.5 Å². The molecule has 3 heterocycles. The van der Waals surface area contributed by atoms with E-state index in [2.05, 4.69) is 4.98 Å². The van der Waals surface area contributed by atoms with Crippen LogP contribution in [0.15, 0.2) is 34.4 Å². The van der Waals surface area contributed by atoms with Crippen molar-refractivity contribution < 1.29 is 4.92 Å². The molecule has 1 aliphatic heterocycles. The zero-order valence-electron chi connectivity index (χ0n) is 12.2. The molecule has 0 unspecified atom stereocenters.